The summed E-state index contributed by atoms with van der Waals surface area (Å²) in [5.41, 5.74) is -0.144. The van der Waals surface area contributed by atoms with Crippen LogP contribution < -0.4 is 0 Å². The quantitative estimate of drug-likeness (QED) is 0.462. The molecule has 1 aromatic rings. The van der Waals surface area contributed by atoms with Crippen LogP contribution in [0.3, 0.4) is 0 Å². The van der Waals surface area contributed by atoms with Crippen molar-refractivity contribution in [2.75, 3.05) is 0 Å². The summed E-state index contributed by atoms with van der Waals surface area (Å²) in [4.78, 5) is 0. The molecule has 0 N–H and O–H groups in total. The Morgan fingerprint density at radius 2 is 1.70 bits per heavy atom. The molecule has 0 heterocycles. The van der Waals surface area contributed by atoms with Gasteiger partial charge in [-0.05, 0) is 37.8 Å². The van der Waals surface area contributed by atoms with Crippen molar-refractivity contribution in [1.29, 1.82) is 0 Å². The smallest absolute Gasteiger partial charge is 0.166 e. The van der Waals surface area contributed by atoms with Crippen LogP contribution in [0.4, 0.5) is 13.2 Å². The van der Waals surface area contributed by atoms with Gasteiger partial charge in [-0.25, -0.2) is 0 Å². The number of hydrogen-bond acceptors (Lipinski definition) is 0. The summed E-state index contributed by atoms with van der Waals surface area (Å²) in [6.07, 6.45) is 9.21. The second-order valence-electron chi connectivity index (χ2n) is 4.39. The molecule has 0 fully saturated rings. The molecule has 108 valence electrons. The van der Waals surface area contributed by atoms with Crippen LogP contribution in [0, 0.1) is 0 Å². The molecule has 1 rings (SSSR count). The van der Waals surface area contributed by atoms with Crippen molar-refractivity contribution in [2.45, 2.75) is 32.4 Å². The first-order valence-electron chi connectivity index (χ1n) is 6.65. The first kappa shape index (κ1) is 16.3. The fourth-order valence-corrected chi connectivity index (χ4v) is 1.84. The fourth-order valence-electron chi connectivity index (χ4n) is 1.84. The fraction of sp³-hybridized carbons (Fsp3) is 0.294. The van der Waals surface area contributed by atoms with E-state index in [1.54, 1.807) is 12.1 Å². The highest BCUT2D eigenvalue weighted by atomic mass is 19.4. The van der Waals surface area contributed by atoms with E-state index in [4.69, 9.17) is 0 Å². The largest absolute Gasteiger partial charge is 0.416 e. The van der Waals surface area contributed by atoms with E-state index in [0.717, 1.165) is 12.5 Å². The SMILES string of the molecule is C/C=C/C=C/C=C/CCCc1ccccc1C(F)(F)F. The molecule has 0 amide bonds. The summed E-state index contributed by atoms with van der Waals surface area (Å²) in [5.74, 6) is 0. The van der Waals surface area contributed by atoms with Gasteiger partial charge < -0.3 is 0 Å². The van der Waals surface area contributed by atoms with E-state index in [1.807, 2.05) is 43.4 Å². The molecular formula is C17H19F3. The van der Waals surface area contributed by atoms with E-state index in [-0.39, 0.29) is 0 Å². The Morgan fingerprint density at radius 3 is 2.40 bits per heavy atom. The molecule has 0 saturated carbocycles. The average molecular weight is 280 g/mol. The van der Waals surface area contributed by atoms with E-state index < -0.39 is 11.7 Å². The van der Waals surface area contributed by atoms with Crippen LogP contribution in [-0.2, 0) is 12.6 Å². The van der Waals surface area contributed by atoms with E-state index in [9.17, 15) is 13.2 Å². The molecule has 0 aliphatic heterocycles. The number of benzene rings is 1. The van der Waals surface area contributed by atoms with Crippen LogP contribution in [-0.4, -0.2) is 0 Å². The molecule has 0 nitrogen and oxygen atoms in total. The highest BCUT2D eigenvalue weighted by Crippen LogP contribution is 2.32. The zero-order valence-corrected chi connectivity index (χ0v) is 11.5. The van der Waals surface area contributed by atoms with Gasteiger partial charge in [-0.2, -0.15) is 13.2 Å². The van der Waals surface area contributed by atoms with Crippen molar-refractivity contribution in [2.24, 2.45) is 0 Å². The Balaban J connectivity index is 2.47. The third kappa shape index (κ3) is 5.91. The number of aryl methyl sites for hydroxylation is 1. The first-order valence-corrected chi connectivity index (χ1v) is 6.65. The maximum atomic E-state index is 12.8. The van der Waals surface area contributed by atoms with Gasteiger partial charge in [0.1, 0.15) is 0 Å². The Morgan fingerprint density at radius 1 is 1.00 bits per heavy atom. The Kier molecular flexibility index (Phi) is 6.85. The van der Waals surface area contributed by atoms with Crippen molar-refractivity contribution in [1.82, 2.24) is 0 Å². The lowest BCUT2D eigenvalue weighted by Gasteiger charge is -2.11. The number of unbranched alkanes of at least 4 members (excludes halogenated alkanes) is 1. The Hall–Kier alpha value is -1.77. The van der Waals surface area contributed by atoms with Gasteiger partial charge in [-0.3, -0.25) is 0 Å². The van der Waals surface area contributed by atoms with Gasteiger partial charge in [0.2, 0.25) is 0 Å². The van der Waals surface area contributed by atoms with Gasteiger partial charge in [0.05, 0.1) is 5.56 Å². The molecule has 0 atom stereocenters. The average Bonchev–Trinajstić information content (AvgIpc) is 2.41. The minimum atomic E-state index is -4.26. The minimum absolute atomic E-state index is 0.373. The van der Waals surface area contributed by atoms with Gasteiger partial charge in [0.25, 0.3) is 0 Å². The topological polar surface area (TPSA) is 0 Å². The lowest BCUT2D eigenvalue weighted by molar-refractivity contribution is -0.138. The molecule has 0 bridgehead atoms. The zero-order valence-electron chi connectivity index (χ0n) is 11.5. The van der Waals surface area contributed by atoms with Crippen LogP contribution >= 0.6 is 0 Å². The predicted molar refractivity (Wildman–Crippen MR) is 77.5 cm³/mol. The van der Waals surface area contributed by atoms with Gasteiger partial charge in [-0.15, -0.1) is 0 Å². The monoisotopic (exact) mass is 280 g/mol. The summed E-state index contributed by atoms with van der Waals surface area (Å²) in [6, 6.07) is 5.78. The van der Waals surface area contributed by atoms with Crippen molar-refractivity contribution in [3.63, 3.8) is 0 Å². The van der Waals surface area contributed by atoms with Gasteiger partial charge in [0.15, 0.2) is 0 Å². The number of rotatable bonds is 6. The number of hydrogen-bond donors (Lipinski definition) is 0. The number of alkyl halides is 3. The highest BCUT2D eigenvalue weighted by molar-refractivity contribution is 5.29. The van der Waals surface area contributed by atoms with Crippen LogP contribution in [0.1, 0.15) is 30.9 Å². The molecule has 0 radical (unpaired) electrons. The zero-order chi connectivity index (χ0) is 14.8. The molecule has 0 unspecified atom stereocenters. The second-order valence-corrected chi connectivity index (χ2v) is 4.39. The van der Waals surface area contributed by atoms with Gasteiger partial charge in [-0.1, -0.05) is 54.7 Å². The number of allylic oxidation sites excluding steroid dienone is 6. The summed E-state index contributed by atoms with van der Waals surface area (Å²) in [6.45, 7) is 1.94. The van der Waals surface area contributed by atoms with E-state index in [1.165, 1.54) is 6.07 Å². The van der Waals surface area contributed by atoms with Crippen molar-refractivity contribution < 1.29 is 13.2 Å². The lowest BCUT2D eigenvalue weighted by atomic mass is 10.0. The maximum absolute atomic E-state index is 12.8. The van der Waals surface area contributed by atoms with E-state index in [2.05, 4.69) is 0 Å². The third-order valence-electron chi connectivity index (χ3n) is 2.80. The number of halogens is 3. The molecule has 0 aliphatic rings. The third-order valence-corrected chi connectivity index (χ3v) is 2.80. The van der Waals surface area contributed by atoms with Gasteiger partial charge >= 0.3 is 6.18 Å². The van der Waals surface area contributed by atoms with E-state index in [0.29, 0.717) is 18.4 Å². The van der Waals surface area contributed by atoms with Crippen molar-refractivity contribution >= 4 is 0 Å². The molecular weight excluding hydrogens is 261 g/mol. The molecule has 0 spiro atoms. The Labute approximate surface area is 118 Å². The van der Waals surface area contributed by atoms with Gasteiger partial charge in [0, 0.05) is 0 Å². The summed E-state index contributed by atoms with van der Waals surface area (Å²) in [7, 11) is 0. The Bertz CT molecular complexity index is 479. The second kappa shape index (κ2) is 8.41. The van der Waals surface area contributed by atoms with Crippen molar-refractivity contribution in [3.05, 3.63) is 71.8 Å². The molecule has 0 aliphatic carbocycles. The van der Waals surface area contributed by atoms with Crippen molar-refractivity contribution in [3.8, 4) is 0 Å². The summed E-state index contributed by atoms with van der Waals surface area (Å²) in [5, 5.41) is 0. The summed E-state index contributed by atoms with van der Waals surface area (Å²) >= 11 is 0. The lowest BCUT2D eigenvalue weighted by Crippen LogP contribution is -2.08. The molecule has 20 heavy (non-hydrogen) atoms. The summed E-state index contributed by atoms with van der Waals surface area (Å²) < 4.78 is 38.3. The van der Waals surface area contributed by atoms with Crippen LogP contribution in [0.15, 0.2) is 60.7 Å². The predicted octanol–water partition coefficient (Wildman–Crippen LogP) is 5.72. The standard InChI is InChI=1S/C17H19F3/c1-2-3-4-5-6-7-8-9-12-15-13-10-11-14-16(15)17(18,19)20/h2-7,10-11,13-14H,8-9,12H2,1H3/b3-2+,5-4+,7-6+. The molecule has 0 aromatic heterocycles. The maximum Gasteiger partial charge on any atom is 0.416 e. The van der Waals surface area contributed by atoms with Crippen LogP contribution in [0.2, 0.25) is 0 Å². The molecule has 0 saturated heterocycles. The molecule has 3 heteroatoms. The van der Waals surface area contributed by atoms with Crippen LogP contribution in [0.5, 0.6) is 0 Å². The minimum Gasteiger partial charge on any atom is -0.166 e. The van der Waals surface area contributed by atoms with Crippen LogP contribution in [0.25, 0.3) is 0 Å². The van der Waals surface area contributed by atoms with E-state index >= 15 is 0 Å². The molecule has 1 aromatic carbocycles. The first-order chi connectivity index (χ1) is 9.55. The normalized spacial score (nSPS) is 13.0. The highest BCUT2D eigenvalue weighted by Gasteiger charge is 2.32.